The van der Waals surface area contributed by atoms with Gasteiger partial charge in [-0.15, -0.1) is 0 Å². The van der Waals surface area contributed by atoms with E-state index in [0.717, 1.165) is 12.1 Å². The molecule has 2 heteroatoms. The maximum Gasteiger partial charge on any atom is 0.0347 e. The molecule has 1 saturated heterocycles. The van der Waals surface area contributed by atoms with Gasteiger partial charge >= 0.3 is 0 Å². The third-order valence-corrected chi connectivity index (χ3v) is 3.58. The Morgan fingerprint density at radius 3 is 2.56 bits per heavy atom. The third-order valence-electron chi connectivity index (χ3n) is 3.58. The van der Waals surface area contributed by atoms with Gasteiger partial charge in [-0.05, 0) is 50.9 Å². The second-order valence-corrected chi connectivity index (χ2v) is 4.85. The molecule has 2 rings (SSSR count). The summed E-state index contributed by atoms with van der Waals surface area (Å²) >= 11 is 0. The lowest BCUT2D eigenvalue weighted by atomic mass is 10.0. The van der Waals surface area contributed by atoms with Crippen LogP contribution in [-0.4, -0.2) is 24.0 Å². The van der Waals surface area contributed by atoms with Gasteiger partial charge in [0, 0.05) is 11.7 Å². The number of benzene rings is 1. The van der Waals surface area contributed by atoms with Crippen LogP contribution in [0.2, 0.25) is 0 Å². The second-order valence-electron chi connectivity index (χ2n) is 4.85. The first-order valence-electron chi connectivity index (χ1n) is 6.35. The van der Waals surface area contributed by atoms with Crippen LogP contribution in [0.5, 0.6) is 0 Å². The van der Waals surface area contributed by atoms with Crippen LogP contribution in [0, 0.1) is 0 Å². The van der Waals surface area contributed by atoms with E-state index in [1.54, 1.807) is 0 Å². The minimum Gasteiger partial charge on any atom is -0.399 e. The molecule has 2 N–H and O–H groups in total. The molecule has 0 aromatic heterocycles. The van der Waals surface area contributed by atoms with Crippen molar-refractivity contribution in [2.75, 3.05) is 18.8 Å². The maximum absolute atomic E-state index is 5.98. The predicted octanol–water partition coefficient (Wildman–Crippen LogP) is 2.69. The number of para-hydroxylation sites is 1. The largest absolute Gasteiger partial charge is 0.399 e. The van der Waals surface area contributed by atoms with Crippen LogP contribution in [-0.2, 0) is 6.42 Å². The minimum atomic E-state index is 0.616. The fraction of sp³-hybridized carbons (Fsp3) is 0.571. The summed E-state index contributed by atoms with van der Waals surface area (Å²) in [6, 6.07) is 8.84. The van der Waals surface area contributed by atoms with Crippen molar-refractivity contribution in [2.24, 2.45) is 0 Å². The second kappa shape index (κ2) is 5.35. The Morgan fingerprint density at radius 2 is 1.88 bits per heavy atom. The van der Waals surface area contributed by atoms with E-state index < -0.39 is 0 Å². The highest BCUT2D eigenvalue weighted by molar-refractivity contribution is 5.46. The van der Waals surface area contributed by atoms with Crippen molar-refractivity contribution >= 4 is 5.69 Å². The Balaban J connectivity index is 1.96. The quantitative estimate of drug-likeness (QED) is 0.790. The number of nitrogens with two attached hydrogens (primary N) is 1. The summed E-state index contributed by atoms with van der Waals surface area (Å²) in [4.78, 5) is 2.59. The number of piperidine rings is 1. The monoisotopic (exact) mass is 218 g/mol. The Labute approximate surface area is 98.4 Å². The molecule has 1 aliphatic heterocycles. The highest BCUT2D eigenvalue weighted by Crippen LogP contribution is 2.18. The first kappa shape index (κ1) is 11.5. The molecule has 0 aliphatic carbocycles. The molecule has 1 unspecified atom stereocenters. The molecular formula is C14H22N2. The third kappa shape index (κ3) is 2.76. The van der Waals surface area contributed by atoms with Gasteiger partial charge in [0.1, 0.15) is 0 Å². The van der Waals surface area contributed by atoms with Gasteiger partial charge < -0.3 is 10.6 Å². The molecule has 16 heavy (non-hydrogen) atoms. The normalized spacial score (nSPS) is 19.6. The summed E-state index contributed by atoms with van der Waals surface area (Å²) in [5, 5.41) is 0. The van der Waals surface area contributed by atoms with Crippen LogP contribution in [0.15, 0.2) is 24.3 Å². The summed E-state index contributed by atoms with van der Waals surface area (Å²) in [5.74, 6) is 0. The van der Waals surface area contributed by atoms with Crippen molar-refractivity contribution in [3.05, 3.63) is 29.8 Å². The van der Waals surface area contributed by atoms with Crippen molar-refractivity contribution in [1.82, 2.24) is 4.90 Å². The Kier molecular flexibility index (Phi) is 3.83. The van der Waals surface area contributed by atoms with Gasteiger partial charge in [-0.1, -0.05) is 24.6 Å². The summed E-state index contributed by atoms with van der Waals surface area (Å²) in [6.45, 7) is 4.83. The van der Waals surface area contributed by atoms with E-state index >= 15 is 0 Å². The molecule has 1 fully saturated rings. The van der Waals surface area contributed by atoms with Gasteiger partial charge in [-0.25, -0.2) is 0 Å². The average molecular weight is 218 g/mol. The number of hydrogen-bond acceptors (Lipinski definition) is 2. The fourth-order valence-corrected chi connectivity index (χ4v) is 2.53. The van der Waals surface area contributed by atoms with Crippen molar-refractivity contribution in [1.29, 1.82) is 0 Å². The summed E-state index contributed by atoms with van der Waals surface area (Å²) in [7, 11) is 0. The molecule has 0 amide bonds. The smallest absolute Gasteiger partial charge is 0.0347 e. The molecule has 0 spiro atoms. The summed E-state index contributed by atoms with van der Waals surface area (Å²) in [6.07, 6.45) is 5.19. The van der Waals surface area contributed by atoms with Gasteiger partial charge in [-0.2, -0.15) is 0 Å². The number of nitrogens with zero attached hydrogens (tertiary/aromatic N) is 1. The standard InChI is InChI=1S/C14H22N2/c1-12(16-9-5-2-6-10-16)11-13-7-3-4-8-14(13)15/h3-4,7-8,12H,2,5-6,9-11,15H2,1H3. The van der Waals surface area contributed by atoms with Gasteiger partial charge in [0.15, 0.2) is 0 Å². The van der Waals surface area contributed by atoms with E-state index in [9.17, 15) is 0 Å². The fourth-order valence-electron chi connectivity index (χ4n) is 2.53. The molecular weight excluding hydrogens is 196 g/mol. The van der Waals surface area contributed by atoms with Crippen molar-refractivity contribution in [3.8, 4) is 0 Å². The molecule has 0 bridgehead atoms. The number of nitrogen functional groups attached to an aromatic ring is 1. The number of hydrogen-bond donors (Lipinski definition) is 1. The first-order chi connectivity index (χ1) is 7.77. The molecule has 1 aliphatic rings. The summed E-state index contributed by atoms with van der Waals surface area (Å²) in [5.41, 5.74) is 8.21. The highest BCUT2D eigenvalue weighted by Gasteiger charge is 2.17. The van der Waals surface area contributed by atoms with Gasteiger partial charge in [0.2, 0.25) is 0 Å². The van der Waals surface area contributed by atoms with Crippen LogP contribution in [0.25, 0.3) is 0 Å². The lowest BCUT2D eigenvalue weighted by Crippen LogP contribution is -2.38. The van der Waals surface area contributed by atoms with E-state index in [4.69, 9.17) is 5.73 Å². The van der Waals surface area contributed by atoms with E-state index in [0.29, 0.717) is 6.04 Å². The molecule has 0 saturated carbocycles. The number of anilines is 1. The van der Waals surface area contributed by atoms with Crippen molar-refractivity contribution in [2.45, 2.75) is 38.6 Å². The molecule has 88 valence electrons. The van der Waals surface area contributed by atoms with Crippen molar-refractivity contribution in [3.63, 3.8) is 0 Å². The van der Waals surface area contributed by atoms with Crippen LogP contribution in [0.3, 0.4) is 0 Å². The molecule has 1 heterocycles. The van der Waals surface area contributed by atoms with E-state index in [1.165, 1.54) is 37.9 Å². The number of likely N-dealkylation sites (tertiary alicyclic amines) is 1. The average Bonchev–Trinajstić information content (AvgIpc) is 2.33. The zero-order chi connectivity index (χ0) is 11.4. The molecule has 2 nitrogen and oxygen atoms in total. The molecule has 1 atom stereocenters. The molecule has 1 aromatic rings. The van der Waals surface area contributed by atoms with Crippen LogP contribution in [0.4, 0.5) is 5.69 Å². The van der Waals surface area contributed by atoms with Crippen LogP contribution < -0.4 is 5.73 Å². The first-order valence-corrected chi connectivity index (χ1v) is 6.35. The minimum absolute atomic E-state index is 0.616. The Hall–Kier alpha value is -1.02. The maximum atomic E-state index is 5.98. The van der Waals surface area contributed by atoms with Gasteiger partial charge in [0.25, 0.3) is 0 Å². The summed E-state index contributed by atoms with van der Waals surface area (Å²) < 4.78 is 0. The van der Waals surface area contributed by atoms with Crippen molar-refractivity contribution < 1.29 is 0 Å². The lowest BCUT2D eigenvalue weighted by Gasteiger charge is -2.32. The highest BCUT2D eigenvalue weighted by atomic mass is 15.1. The van der Waals surface area contributed by atoms with E-state index in [1.807, 2.05) is 12.1 Å². The zero-order valence-electron chi connectivity index (χ0n) is 10.2. The zero-order valence-corrected chi connectivity index (χ0v) is 10.2. The predicted molar refractivity (Wildman–Crippen MR) is 69.4 cm³/mol. The Morgan fingerprint density at radius 1 is 1.19 bits per heavy atom. The topological polar surface area (TPSA) is 29.3 Å². The van der Waals surface area contributed by atoms with E-state index in [2.05, 4.69) is 24.0 Å². The Bertz CT molecular complexity index is 329. The van der Waals surface area contributed by atoms with E-state index in [-0.39, 0.29) is 0 Å². The number of rotatable bonds is 3. The van der Waals surface area contributed by atoms with Gasteiger partial charge in [-0.3, -0.25) is 0 Å². The molecule has 1 aromatic carbocycles. The van der Waals surface area contributed by atoms with Gasteiger partial charge in [0.05, 0.1) is 0 Å². The lowest BCUT2D eigenvalue weighted by molar-refractivity contribution is 0.173. The molecule has 0 radical (unpaired) electrons. The SMILES string of the molecule is CC(Cc1ccccc1N)N1CCCCC1. The van der Waals surface area contributed by atoms with Crippen LogP contribution in [0.1, 0.15) is 31.7 Å². The van der Waals surface area contributed by atoms with Crippen LogP contribution >= 0.6 is 0 Å².